The Bertz CT molecular complexity index is 486. The highest BCUT2D eigenvalue weighted by Crippen LogP contribution is 2.65. The number of carbonyl (C=O) groups is 1. The van der Waals surface area contributed by atoms with Crippen LogP contribution < -0.4 is 0 Å². The monoisotopic (exact) mass is 232 g/mol. The fourth-order valence-corrected chi connectivity index (χ4v) is 3.00. The average Bonchev–Trinajstić information content (AvgIpc) is 2.75. The molecule has 0 radical (unpaired) electrons. The Hall–Kier alpha value is -1.31. The van der Waals surface area contributed by atoms with Gasteiger partial charge in [0, 0.05) is 5.92 Å². The zero-order valence-electron chi connectivity index (χ0n) is 11.2. The van der Waals surface area contributed by atoms with E-state index in [-0.39, 0.29) is 17.3 Å². The van der Waals surface area contributed by atoms with Gasteiger partial charge in [0.1, 0.15) is 0 Å². The number of benzene rings is 1. The van der Waals surface area contributed by atoms with Crippen molar-refractivity contribution in [2.75, 3.05) is 0 Å². The van der Waals surface area contributed by atoms with Gasteiger partial charge in [-0.05, 0) is 48.4 Å². The molecule has 1 N–H and O–H groups in total. The van der Waals surface area contributed by atoms with E-state index in [0.29, 0.717) is 0 Å². The number of carboxylic acid groups (broad SMARTS) is 1. The first-order valence-corrected chi connectivity index (χ1v) is 6.07. The molecule has 1 fully saturated rings. The molecule has 2 heteroatoms. The van der Waals surface area contributed by atoms with Crippen LogP contribution in [0.4, 0.5) is 0 Å². The van der Waals surface area contributed by atoms with Gasteiger partial charge in [-0.15, -0.1) is 0 Å². The van der Waals surface area contributed by atoms with Crippen LogP contribution in [0.1, 0.15) is 42.0 Å². The molecule has 1 aliphatic rings. The Morgan fingerprint density at radius 3 is 2.12 bits per heavy atom. The topological polar surface area (TPSA) is 37.3 Å². The molecule has 0 aromatic heterocycles. The van der Waals surface area contributed by atoms with Gasteiger partial charge in [0.05, 0.1) is 5.92 Å². The minimum absolute atomic E-state index is 0.113. The fourth-order valence-electron chi connectivity index (χ4n) is 3.00. The van der Waals surface area contributed by atoms with Gasteiger partial charge in [-0.2, -0.15) is 0 Å². The summed E-state index contributed by atoms with van der Waals surface area (Å²) in [5, 5.41) is 9.24. The molecule has 92 valence electrons. The van der Waals surface area contributed by atoms with Gasteiger partial charge in [0.2, 0.25) is 0 Å². The number of aryl methyl sites for hydroxylation is 3. The highest BCUT2D eigenvalue weighted by Gasteiger charge is 2.62. The Balaban J connectivity index is 2.44. The van der Waals surface area contributed by atoms with E-state index in [1.54, 1.807) is 0 Å². The molecular formula is C15H20O2. The third-order valence-corrected chi connectivity index (χ3v) is 4.31. The quantitative estimate of drug-likeness (QED) is 0.848. The van der Waals surface area contributed by atoms with Gasteiger partial charge >= 0.3 is 5.97 Å². The summed E-state index contributed by atoms with van der Waals surface area (Å²) in [4.78, 5) is 11.2. The molecule has 2 atom stereocenters. The van der Waals surface area contributed by atoms with Crippen LogP contribution >= 0.6 is 0 Å². The van der Waals surface area contributed by atoms with E-state index in [1.165, 1.54) is 22.3 Å². The summed E-state index contributed by atoms with van der Waals surface area (Å²) in [5.74, 6) is -0.736. The lowest BCUT2D eigenvalue weighted by Gasteiger charge is -2.10. The van der Waals surface area contributed by atoms with Crippen LogP contribution in [0.3, 0.4) is 0 Å². The molecule has 1 saturated carbocycles. The summed E-state index contributed by atoms with van der Waals surface area (Å²) in [6, 6.07) is 4.33. The van der Waals surface area contributed by atoms with E-state index in [0.717, 1.165) is 0 Å². The second kappa shape index (κ2) is 3.59. The van der Waals surface area contributed by atoms with Crippen LogP contribution in [0.2, 0.25) is 0 Å². The Kier molecular flexibility index (Phi) is 2.57. The molecule has 0 amide bonds. The van der Waals surface area contributed by atoms with Crippen molar-refractivity contribution in [2.45, 2.75) is 40.5 Å². The predicted molar refractivity (Wildman–Crippen MR) is 68.3 cm³/mol. The number of hydrogen-bond acceptors (Lipinski definition) is 1. The number of carboxylic acids is 1. The Morgan fingerprint density at radius 2 is 1.65 bits per heavy atom. The average molecular weight is 232 g/mol. The van der Waals surface area contributed by atoms with Crippen molar-refractivity contribution in [3.05, 3.63) is 34.4 Å². The lowest BCUT2D eigenvalue weighted by Crippen LogP contribution is -2.03. The van der Waals surface area contributed by atoms with Crippen LogP contribution in [0, 0.1) is 32.1 Å². The minimum Gasteiger partial charge on any atom is -0.481 e. The van der Waals surface area contributed by atoms with Crippen molar-refractivity contribution in [1.82, 2.24) is 0 Å². The maximum Gasteiger partial charge on any atom is 0.307 e. The zero-order valence-corrected chi connectivity index (χ0v) is 11.2. The number of hydrogen-bond donors (Lipinski definition) is 1. The Morgan fingerprint density at radius 1 is 1.12 bits per heavy atom. The van der Waals surface area contributed by atoms with Gasteiger partial charge in [0.15, 0.2) is 0 Å². The first-order valence-electron chi connectivity index (χ1n) is 6.07. The van der Waals surface area contributed by atoms with Crippen molar-refractivity contribution in [2.24, 2.45) is 11.3 Å². The molecule has 17 heavy (non-hydrogen) atoms. The summed E-state index contributed by atoms with van der Waals surface area (Å²) in [6.07, 6.45) is 0. The molecule has 2 nitrogen and oxygen atoms in total. The molecule has 0 spiro atoms. The maximum absolute atomic E-state index is 11.2. The summed E-state index contributed by atoms with van der Waals surface area (Å²) >= 11 is 0. The standard InChI is InChI=1S/C15H20O2/c1-8-6-10(3)11(7-9(8)2)12-13(14(16)17)15(12,4)5/h6-7,12-13H,1-5H3,(H,16,17)/t12-,13+/m0/s1. The second-order valence-electron chi connectivity index (χ2n) is 5.91. The van der Waals surface area contributed by atoms with Gasteiger partial charge in [0.25, 0.3) is 0 Å². The number of rotatable bonds is 2. The third kappa shape index (κ3) is 1.76. The van der Waals surface area contributed by atoms with Crippen LogP contribution in [0.5, 0.6) is 0 Å². The fraction of sp³-hybridized carbons (Fsp3) is 0.533. The first-order chi connectivity index (χ1) is 7.76. The van der Waals surface area contributed by atoms with Crippen LogP contribution in [-0.2, 0) is 4.79 Å². The minimum atomic E-state index is -0.669. The van der Waals surface area contributed by atoms with Crippen LogP contribution in [0.15, 0.2) is 12.1 Å². The molecule has 0 aliphatic heterocycles. The summed E-state index contributed by atoms with van der Waals surface area (Å²) in [5.41, 5.74) is 4.84. The first kappa shape index (κ1) is 12.2. The van der Waals surface area contributed by atoms with Crippen LogP contribution in [0.25, 0.3) is 0 Å². The van der Waals surface area contributed by atoms with Crippen molar-refractivity contribution in [3.8, 4) is 0 Å². The predicted octanol–water partition coefficient (Wildman–Crippen LogP) is 3.44. The molecule has 1 aromatic carbocycles. The maximum atomic E-state index is 11.2. The molecule has 1 aliphatic carbocycles. The highest BCUT2D eigenvalue weighted by molar-refractivity contribution is 5.78. The van der Waals surface area contributed by atoms with Crippen molar-refractivity contribution < 1.29 is 9.90 Å². The van der Waals surface area contributed by atoms with Gasteiger partial charge in [-0.3, -0.25) is 4.79 Å². The lowest BCUT2D eigenvalue weighted by molar-refractivity contribution is -0.139. The molecule has 2 rings (SSSR count). The highest BCUT2D eigenvalue weighted by atomic mass is 16.4. The van der Waals surface area contributed by atoms with E-state index < -0.39 is 5.97 Å². The van der Waals surface area contributed by atoms with E-state index in [9.17, 15) is 9.90 Å². The molecule has 0 bridgehead atoms. The smallest absolute Gasteiger partial charge is 0.307 e. The summed E-state index contributed by atoms with van der Waals surface area (Å²) in [7, 11) is 0. The normalized spacial score (nSPS) is 25.7. The lowest BCUT2D eigenvalue weighted by atomic mass is 9.94. The van der Waals surface area contributed by atoms with E-state index in [1.807, 2.05) is 13.8 Å². The largest absolute Gasteiger partial charge is 0.481 e. The third-order valence-electron chi connectivity index (χ3n) is 4.31. The van der Waals surface area contributed by atoms with Gasteiger partial charge < -0.3 is 5.11 Å². The van der Waals surface area contributed by atoms with E-state index in [2.05, 4.69) is 32.9 Å². The van der Waals surface area contributed by atoms with Crippen molar-refractivity contribution >= 4 is 5.97 Å². The molecule has 1 aromatic rings. The van der Waals surface area contributed by atoms with Crippen LogP contribution in [-0.4, -0.2) is 11.1 Å². The molecule has 0 heterocycles. The molecular weight excluding hydrogens is 212 g/mol. The van der Waals surface area contributed by atoms with Gasteiger partial charge in [-0.25, -0.2) is 0 Å². The second-order valence-corrected chi connectivity index (χ2v) is 5.91. The zero-order chi connectivity index (χ0) is 13.0. The van der Waals surface area contributed by atoms with Crippen molar-refractivity contribution in [1.29, 1.82) is 0 Å². The van der Waals surface area contributed by atoms with E-state index >= 15 is 0 Å². The summed E-state index contributed by atoms with van der Waals surface area (Å²) in [6.45, 7) is 10.4. The molecule has 0 saturated heterocycles. The Labute approximate surface area is 103 Å². The van der Waals surface area contributed by atoms with Gasteiger partial charge in [-0.1, -0.05) is 26.0 Å². The molecule has 0 unspecified atom stereocenters. The number of aliphatic carboxylic acids is 1. The SMILES string of the molecule is Cc1cc(C)c([C@H]2[C@H](C(=O)O)C2(C)C)cc1C. The van der Waals surface area contributed by atoms with E-state index in [4.69, 9.17) is 0 Å². The summed E-state index contributed by atoms with van der Waals surface area (Å²) < 4.78 is 0. The van der Waals surface area contributed by atoms with Crippen molar-refractivity contribution in [3.63, 3.8) is 0 Å².